The number of anilines is 1. The highest BCUT2D eigenvalue weighted by Gasteiger charge is 2.20. The third-order valence-corrected chi connectivity index (χ3v) is 5.83. The van der Waals surface area contributed by atoms with Gasteiger partial charge in [-0.1, -0.05) is 0 Å². The molecule has 30 heavy (non-hydrogen) atoms. The molecule has 150 valence electrons. The number of piperazine rings is 1. The van der Waals surface area contributed by atoms with E-state index in [1.165, 1.54) is 0 Å². The highest BCUT2D eigenvalue weighted by Crippen LogP contribution is 2.33. The molecule has 0 spiro atoms. The largest absolute Gasteiger partial charge is 0.353 e. The molecule has 0 amide bonds. The van der Waals surface area contributed by atoms with Crippen LogP contribution < -0.4 is 4.90 Å². The van der Waals surface area contributed by atoms with E-state index in [1.54, 1.807) is 6.20 Å². The number of nitrogens with one attached hydrogen (secondary N) is 3. The molecule has 1 saturated heterocycles. The Morgan fingerprint density at radius 2 is 1.87 bits per heavy atom. The van der Waals surface area contributed by atoms with Gasteiger partial charge < -0.3 is 14.8 Å². The van der Waals surface area contributed by atoms with Crippen molar-refractivity contribution in [2.75, 3.05) is 38.1 Å². The van der Waals surface area contributed by atoms with Crippen LogP contribution in [0.15, 0.2) is 43.0 Å². The van der Waals surface area contributed by atoms with Crippen molar-refractivity contribution in [1.29, 1.82) is 0 Å². The second kappa shape index (κ2) is 6.67. The Bertz CT molecular complexity index is 1320. The van der Waals surface area contributed by atoms with Gasteiger partial charge in [-0.25, -0.2) is 4.98 Å². The summed E-state index contributed by atoms with van der Waals surface area (Å²) in [6.45, 7) is 4.05. The number of pyridine rings is 2. The summed E-state index contributed by atoms with van der Waals surface area (Å²) in [7, 11) is 2.16. The maximum Gasteiger partial charge on any atom is 0.138 e. The van der Waals surface area contributed by atoms with Gasteiger partial charge in [-0.2, -0.15) is 10.2 Å². The first kappa shape index (κ1) is 17.2. The third kappa shape index (κ3) is 2.74. The van der Waals surface area contributed by atoms with Gasteiger partial charge in [0.25, 0.3) is 0 Å². The number of fused-ring (bicyclic) bond motifs is 2. The summed E-state index contributed by atoms with van der Waals surface area (Å²) in [6.07, 6.45) is 7.30. The second-order valence-corrected chi connectivity index (χ2v) is 7.74. The van der Waals surface area contributed by atoms with Crippen LogP contribution in [0.3, 0.4) is 0 Å². The lowest BCUT2D eigenvalue weighted by Crippen LogP contribution is -2.44. The molecule has 1 fully saturated rings. The number of aromatic nitrogens is 7. The van der Waals surface area contributed by atoms with Crippen molar-refractivity contribution < 1.29 is 0 Å². The zero-order valence-electron chi connectivity index (χ0n) is 16.6. The minimum Gasteiger partial charge on any atom is -0.353 e. The molecule has 9 heteroatoms. The van der Waals surface area contributed by atoms with Crippen LogP contribution in [0.2, 0.25) is 0 Å². The van der Waals surface area contributed by atoms with E-state index in [9.17, 15) is 0 Å². The summed E-state index contributed by atoms with van der Waals surface area (Å²) < 4.78 is 0. The molecule has 0 atom stereocenters. The van der Waals surface area contributed by atoms with Crippen molar-refractivity contribution in [2.24, 2.45) is 0 Å². The van der Waals surface area contributed by atoms with Gasteiger partial charge in [-0.05, 0) is 25.2 Å². The monoisotopic (exact) mass is 399 g/mol. The molecule has 5 aromatic rings. The number of hydrogen-bond acceptors (Lipinski definition) is 6. The molecule has 0 unspecified atom stereocenters. The topological polar surface area (TPSA) is 105 Å². The van der Waals surface area contributed by atoms with Gasteiger partial charge in [0, 0.05) is 54.9 Å². The van der Waals surface area contributed by atoms with Gasteiger partial charge in [0.2, 0.25) is 0 Å². The highest BCUT2D eigenvalue weighted by atomic mass is 15.3. The summed E-state index contributed by atoms with van der Waals surface area (Å²) in [5.74, 6) is 1.03. The van der Waals surface area contributed by atoms with Crippen LogP contribution in [-0.2, 0) is 0 Å². The molecule has 1 aliphatic heterocycles. The maximum absolute atomic E-state index is 4.70. The number of hydrogen-bond donors (Lipinski definition) is 3. The smallest absolute Gasteiger partial charge is 0.138 e. The van der Waals surface area contributed by atoms with Crippen LogP contribution >= 0.6 is 0 Å². The van der Waals surface area contributed by atoms with E-state index in [2.05, 4.69) is 53.3 Å². The summed E-state index contributed by atoms with van der Waals surface area (Å²) >= 11 is 0. The Morgan fingerprint density at radius 1 is 0.967 bits per heavy atom. The summed E-state index contributed by atoms with van der Waals surface area (Å²) in [5, 5.41) is 16.7. The number of likely N-dealkylation sites (N-methyl/N-ethyl adjacent to an activating group) is 1. The summed E-state index contributed by atoms with van der Waals surface area (Å²) in [6, 6.07) is 6.22. The van der Waals surface area contributed by atoms with Crippen LogP contribution in [0.5, 0.6) is 0 Å². The van der Waals surface area contributed by atoms with Crippen molar-refractivity contribution in [3.63, 3.8) is 0 Å². The molecule has 5 aromatic heterocycles. The lowest BCUT2D eigenvalue weighted by Gasteiger charge is -2.33. The average Bonchev–Trinajstić information content (AvgIpc) is 3.52. The minimum absolute atomic E-state index is 0.856. The van der Waals surface area contributed by atoms with Crippen LogP contribution in [-0.4, -0.2) is 73.5 Å². The first-order chi connectivity index (χ1) is 14.8. The molecular formula is C21H21N9. The lowest BCUT2D eigenvalue weighted by molar-refractivity contribution is 0.312. The number of H-pyrrole nitrogens is 3. The van der Waals surface area contributed by atoms with Gasteiger partial charge in [0.05, 0.1) is 34.8 Å². The molecule has 9 nitrogen and oxygen atoms in total. The fourth-order valence-corrected chi connectivity index (χ4v) is 4.11. The fourth-order valence-electron chi connectivity index (χ4n) is 4.11. The van der Waals surface area contributed by atoms with E-state index in [1.807, 2.05) is 30.7 Å². The second-order valence-electron chi connectivity index (χ2n) is 7.74. The molecular weight excluding hydrogens is 378 g/mol. The van der Waals surface area contributed by atoms with E-state index >= 15 is 0 Å². The van der Waals surface area contributed by atoms with E-state index in [4.69, 9.17) is 4.98 Å². The molecule has 6 heterocycles. The zero-order valence-corrected chi connectivity index (χ0v) is 16.6. The van der Waals surface area contributed by atoms with Gasteiger partial charge >= 0.3 is 0 Å². The normalized spacial score (nSPS) is 15.4. The first-order valence-electron chi connectivity index (χ1n) is 10.0. The van der Waals surface area contributed by atoms with E-state index in [-0.39, 0.29) is 0 Å². The standard InChI is InChI=1S/C21H21N9/c1-29-4-6-30(7-5-29)21-15-9-18(26-16(15)2-3-22-21)20-14-8-17(13-10-24-25-11-13)23-12-19(14)27-28-20/h2-3,8-12,26H,4-7H2,1H3,(H,24,25)(H,27,28). The summed E-state index contributed by atoms with van der Waals surface area (Å²) in [4.78, 5) is 17.5. The van der Waals surface area contributed by atoms with Crippen molar-refractivity contribution >= 4 is 27.6 Å². The Labute approximate surface area is 172 Å². The molecule has 0 aliphatic carbocycles. The van der Waals surface area contributed by atoms with Gasteiger partial charge in [-0.15, -0.1) is 0 Å². The summed E-state index contributed by atoms with van der Waals surface area (Å²) in [5.41, 5.74) is 5.60. The third-order valence-electron chi connectivity index (χ3n) is 5.83. The van der Waals surface area contributed by atoms with Crippen molar-refractivity contribution in [3.05, 3.63) is 43.0 Å². The molecule has 6 rings (SSSR count). The van der Waals surface area contributed by atoms with Crippen LogP contribution in [0.25, 0.3) is 44.5 Å². The average molecular weight is 399 g/mol. The number of nitrogens with zero attached hydrogens (tertiary/aromatic N) is 6. The quantitative estimate of drug-likeness (QED) is 0.431. The van der Waals surface area contributed by atoms with Crippen LogP contribution in [0, 0.1) is 0 Å². The van der Waals surface area contributed by atoms with Gasteiger partial charge in [0.15, 0.2) is 0 Å². The molecule has 0 bridgehead atoms. The van der Waals surface area contributed by atoms with E-state index in [0.29, 0.717) is 0 Å². The predicted molar refractivity (Wildman–Crippen MR) is 116 cm³/mol. The first-order valence-corrected chi connectivity index (χ1v) is 10.0. The van der Waals surface area contributed by atoms with E-state index < -0.39 is 0 Å². The van der Waals surface area contributed by atoms with Crippen LogP contribution in [0.4, 0.5) is 5.82 Å². The fraction of sp³-hybridized carbons (Fsp3) is 0.238. The van der Waals surface area contributed by atoms with Gasteiger partial charge in [0.1, 0.15) is 11.5 Å². The SMILES string of the molecule is CN1CCN(c2nccc3[nH]c(-c4n[nH]c5cnc(-c6cn[nH]c6)cc45)cc23)CC1. The number of rotatable bonds is 3. The Morgan fingerprint density at radius 3 is 2.70 bits per heavy atom. The Kier molecular flexibility index (Phi) is 3.81. The van der Waals surface area contributed by atoms with Crippen molar-refractivity contribution in [2.45, 2.75) is 0 Å². The molecule has 0 saturated carbocycles. The van der Waals surface area contributed by atoms with Crippen LogP contribution in [0.1, 0.15) is 0 Å². The zero-order chi connectivity index (χ0) is 20.1. The number of aromatic amines is 3. The molecule has 0 radical (unpaired) electrons. The highest BCUT2D eigenvalue weighted by molar-refractivity contribution is 5.99. The maximum atomic E-state index is 4.70. The molecule has 0 aromatic carbocycles. The van der Waals surface area contributed by atoms with Crippen molar-refractivity contribution in [3.8, 4) is 22.6 Å². The molecule has 1 aliphatic rings. The van der Waals surface area contributed by atoms with Gasteiger partial charge in [-0.3, -0.25) is 15.2 Å². The minimum atomic E-state index is 0.856. The lowest BCUT2D eigenvalue weighted by atomic mass is 10.1. The predicted octanol–water partition coefficient (Wildman–Crippen LogP) is 2.64. The Balaban J connectivity index is 1.45. The Hall–Kier alpha value is -3.72. The molecule has 3 N–H and O–H groups in total. The van der Waals surface area contributed by atoms with E-state index in [0.717, 1.165) is 76.4 Å². The van der Waals surface area contributed by atoms with Crippen molar-refractivity contribution in [1.82, 2.24) is 40.2 Å².